The SMILES string of the molecule is CCCCCCCCCCCCCCCCCCC1(C)\C(=C/C=C(C#N)/C=C/C2=[N+](CCC(=O)O)c3ccc(C)cc3C2(C)C)N(CCC(=O)O)c2ccc(C)cc21. The Balaban J connectivity index is 1.48. The van der Waals surface area contributed by atoms with Crippen molar-refractivity contribution >= 4 is 29.0 Å². The molecule has 2 aliphatic heterocycles. The highest BCUT2D eigenvalue weighted by Gasteiger charge is 2.45. The molecule has 7 heteroatoms. The molecular weight excluding hydrogens is 719 g/mol. The fourth-order valence-electron chi connectivity index (χ4n) is 9.11. The molecule has 4 rings (SSSR count). The van der Waals surface area contributed by atoms with Crippen LogP contribution in [-0.4, -0.2) is 45.5 Å². The monoisotopic (exact) mass is 791 g/mol. The normalized spacial score (nSPS) is 18.0. The predicted molar refractivity (Wildman–Crippen MR) is 239 cm³/mol. The number of anilines is 1. The highest BCUT2D eigenvalue weighted by molar-refractivity contribution is 6.03. The quantitative estimate of drug-likeness (QED) is 0.0425. The minimum absolute atomic E-state index is 0.00201. The van der Waals surface area contributed by atoms with Crippen LogP contribution in [0.15, 0.2) is 72.0 Å². The van der Waals surface area contributed by atoms with E-state index in [1.54, 1.807) is 0 Å². The van der Waals surface area contributed by atoms with Crippen molar-refractivity contribution in [3.8, 4) is 6.07 Å². The van der Waals surface area contributed by atoms with Gasteiger partial charge in [-0.15, -0.1) is 0 Å². The average Bonchev–Trinajstić information content (AvgIpc) is 3.54. The summed E-state index contributed by atoms with van der Waals surface area (Å²) in [6, 6.07) is 15.1. The molecule has 7 nitrogen and oxygen atoms in total. The standard InChI is InChI=1S/C51H71N3O4/c1-7-8-9-10-11-12-13-14-15-16-17-18-19-20-21-22-33-51(6)43-37-40(3)24-28-45(43)54(35-32-49(57)58)47(51)30-26-41(38-52)25-29-46-50(4,5)42-36-39(2)23-27-44(42)53(46)34-31-48(55)56/h23-30,36-37H,7-22,31-35H2,1-6H3,(H-,55,56,57,58)/p+1. The maximum Gasteiger partial charge on any atom is 0.309 e. The number of aliphatic carboxylic acids is 2. The molecule has 0 saturated heterocycles. The third-order valence-electron chi connectivity index (χ3n) is 12.5. The molecule has 58 heavy (non-hydrogen) atoms. The number of unbranched alkanes of at least 4 members (excludes halogenated alkanes) is 15. The maximum atomic E-state index is 11.9. The number of hydrogen-bond donors (Lipinski definition) is 2. The Labute approximate surface area is 350 Å². The molecule has 2 aliphatic rings. The highest BCUT2D eigenvalue weighted by Crippen LogP contribution is 2.51. The molecule has 2 N–H and O–H groups in total. The summed E-state index contributed by atoms with van der Waals surface area (Å²) in [5.74, 6) is -1.69. The number of carbonyl (C=O) groups is 2. The lowest BCUT2D eigenvalue weighted by Gasteiger charge is -2.30. The lowest BCUT2D eigenvalue weighted by molar-refractivity contribution is -0.436. The van der Waals surface area contributed by atoms with E-state index in [0.29, 0.717) is 18.7 Å². The smallest absolute Gasteiger partial charge is 0.309 e. The molecule has 1 unspecified atom stereocenters. The number of carboxylic acid groups (broad SMARTS) is 2. The van der Waals surface area contributed by atoms with Gasteiger partial charge in [-0.1, -0.05) is 139 Å². The lowest BCUT2D eigenvalue weighted by atomic mass is 9.76. The van der Waals surface area contributed by atoms with Gasteiger partial charge >= 0.3 is 11.9 Å². The van der Waals surface area contributed by atoms with Crippen molar-refractivity contribution in [2.24, 2.45) is 0 Å². The van der Waals surface area contributed by atoms with Gasteiger partial charge in [0, 0.05) is 41.1 Å². The third-order valence-corrected chi connectivity index (χ3v) is 12.5. The fourth-order valence-corrected chi connectivity index (χ4v) is 9.11. The fraction of sp³-hybridized carbons (Fsp3) is 0.569. The molecule has 0 saturated carbocycles. The lowest BCUT2D eigenvalue weighted by Crippen LogP contribution is -2.30. The van der Waals surface area contributed by atoms with Crippen LogP contribution < -0.4 is 4.90 Å². The molecule has 0 radical (unpaired) electrons. The van der Waals surface area contributed by atoms with Gasteiger partial charge in [0.05, 0.1) is 23.5 Å². The molecule has 0 aliphatic carbocycles. The number of rotatable bonds is 26. The topological polar surface area (TPSA) is 105 Å². The predicted octanol–water partition coefficient (Wildman–Crippen LogP) is 12.9. The Hall–Kier alpha value is -4.44. The maximum absolute atomic E-state index is 11.9. The van der Waals surface area contributed by atoms with E-state index in [-0.39, 0.29) is 23.7 Å². The van der Waals surface area contributed by atoms with Crippen molar-refractivity contribution < 1.29 is 24.4 Å². The largest absolute Gasteiger partial charge is 0.481 e. The minimum atomic E-state index is -0.853. The van der Waals surface area contributed by atoms with Gasteiger partial charge in [-0.3, -0.25) is 9.59 Å². The van der Waals surface area contributed by atoms with Gasteiger partial charge in [0.15, 0.2) is 12.3 Å². The van der Waals surface area contributed by atoms with Gasteiger partial charge in [0.25, 0.3) is 0 Å². The van der Waals surface area contributed by atoms with E-state index in [1.165, 1.54) is 101 Å². The molecule has 0 fully saturated rings. The molecular formula is C51H72N3O4+. The summed E-state index contributed by atoms with van der Waals surface area (Å²) in [5.41, 5.74) is 8.43. The molecule has 2 heterocycles. The number of nitrogens with zero attached hydrogens (tertiary/aromatic N) is 3. The first-order valence-electron chi connectivity index (χ1n) is 22.4. The van der Waals surface area contributed by atoms with Crippen LogP contribution >= 0.6 is 0 Å². The third kappa shape index (κ3) is 12.5. The zero-order chi connectivity index (χ0) is 42.1. The Kier molecular flexibility index (Phi) is 18.1. The molecule has 0 bridgehead atoms. The summed E-state index contributed by atoms with van der Waals surface area (Å²) in [6.45, 7) is 13.7. The number of fused-ring (bicyclic) bond motifs is 2. The van der Waals surface area contributed by atoms with Crippen LogP contribution in [0.3, 0.4) is 0 Å². The van der Waals surface area contributed by atoms with Crippen LogP contribution in [0.1, 0.15) is 172 Å². The molecule has 2 aromatic carbocycles. The van der Waals surface area contributed by atoms with E-state index in [1.807, 2.05) is 24.3 Å². The van der Waals surface area contributed by atoms with Crippen molar-refractivity contribution in [3.63, 3.8) is 0 Å². The van der Waals surface area contributed by atoms with Gasteiger partial charge < -0.3 is 15.1 Å². The summed E-state index contributed by atoms with van der Waals surface area (Å²) >= 11 is 0. The number of allylic oxidation sites excluding steroid dienone is 6. The van der Waals surface area contributed by atoms with Gasteiger partial charge in [0.1, 0.15) is 6.42 Å². The summed E-state index contributed by atoms with van der Waals surface area (Å²) in [4.78, 5) is 25.7. The van der Waals surface area contributed by atoms with Crippen molar-refractivity contribution in [2.75, 3.05) is 18.0 Å². The number of benzene rings is 2. The zero-order valence-corrected chi connectivity index (χ0v) is 36.7. The van der Waals surface area contributed by atoms with Gasteiger partial charge in [-0.2, -0.15) is 9.84 Å². The molecule has 2 aromatic rings. The summed E-state index contributed by atoms with van der Waals surface area (Å²) < 4.78 is 2.07. The summed E-state index contributed by atoms with van der Waals surface area (Å²) in [5, 5.41) is 29.7. The van der Waals surface area contributed by atoms with E-state index in [2.05, 4.69) is 93.5 Å². The second kappa shape index (κ2) is 22.6. The van der Waals surface area contributed by atoms with E-state index in [4.69, 9.17) is 0 Å². The Morgan fingerprint density at radius 2 is 1.29 bits per heavy atom. The molecule has 1 atom stereocenters. The average molecular weight is 791 g/mol. The van der Waals surface area contributed by atoms with Gasteiger partial charge in [-0.25, -0.2) is 0 Å². The van der Waals surface area contributed by atoms with Crippen LogP contribution in [0.2, 0.25) is 0 Å². The summed E-state index contributed by atoms with van der Waals surface area (Å²) in [6.07, 6.45) is 29.8. The van der Waals surface area contributed by atoms with Gasteiger partial charge in [0.2, 0.25) is 5.69 Å². The number of carboxylic acids is 2. The first-order chi connectivity index (χ1) is 27.8. The second-order valence-corrected chi connectivity index (χ2v) is 17.6. The van der Waals surface area contributed by atoms with Crippen molar-refractivity contribution in [2.45, 2.75) is 174 Å². The molecule has 314 valence electrons. The van der Waals surface area contributed by atoms with Crippen LogP contribution in [0.5, 0.6) is 0 Å². The van der Waals surface area contributed by atoms with Gasteiger partial charge in [-0.05, 0) is 77.0 Å². The Morgan fingerprint density at radius 1 is 0.759 bits per heavy atom. The van der Waals surface area contributed by atoms with Crippen LogP contribution in [0.4, 0.5) is 11.4 Å². The minimum Gasteiger partial charge on any atom is -0.481 e. The molecule has 0 amide bonds. The van der Waals surface area contributed by atoms with E-state index in [0.717, 1.165) is 53.2 Å². The highest BCUT2D eigenvalue weighted by atomic mass is 16.4. The Bertz CT molecular complexity index is 1880. The van der Waals surface area contributed by atoms with E-state index >= 15 is 0 Å². The Morgan fingerprint density at radius 3 is 1.84 bits per heavy atom. The molecule has 0 spiro atoms. The number of nitriles is 1. The van der Waals surface area contributed by atoms with E-state index < -0.39 is 11.9 Å². The van der Waals surface area contributed by atoms with Crippen molar-refractivity contribution in [3.05, 3.63) is 94.2 Å². The van der Waals surface area contributed by atoms with Crippen LogP contribution in [-0.2, 0) is 20.4 Å². The van der Waals surface area contributed by atoms with Crippen molar-refractivity contribution in [1.29, 1.82) is 5.26 Å². The van der Waals surface area contributed by atoms with E-state index in [9.17, 15) is 25.1 Å². The van der Waals surface area contributed by atoms with Crippen molar-refractivity contribution in [1.82, 2.24) is 0 Å². The first kappa shape index (κ1) is 46.3. The van der Waals surface area contributed by atoms with Crippen LogP contribution in [0.25, 0.3) is 0 Å². The number of hydrogen-bond acceptors (Lipinski definition) is 4. The number of aryl methyl sites for hydroxylation is 2. The first-order valence-corrected chi connectivity index (χ1v) is 22.4. The summed E-state index contributed by atoms with van der Waals surface area (Å²) in [7, 11) is 0. The van der Waals surface area contributed by atoms with Crippen LogP contribution in [0, 0.1) is 25.2 Å². The molecule has 0 aromatic heterocycles. The zero-order valence-electron chi connectivity index (χ0n) is 36.7. The second-order valence-electron chi connectivity index (χ2n) is 17.6.